The second kappa shape index (κ2) is 11.8. The zero-order valence-corrected chi connectivity index (χ0v) is 20.1. The van der Waals surface area contributed by atoms with Gasteiger partial charge in [-0.3, -0.25) is 0 Å². The lowest BCUT2D eigenvalue weighted by molar-refractivity contribution is 0.0455. The van der Waals surface area contributed by atoms with Gasteiger partial charge in [0.1, 0.15) is 18.3 Å². The van der Waals surface area contributed by atoms with E-state index in [4.69, 9.17) is 21.3 Å². The van der Waals surface area contributed by atoms with Crippen molar-refractivity contribution in [3.8, 4) is 17.3 Å². The van der Waals surface area contributed by atoms with E-state index in [0.717, 1.165) is 55.6 Å². The molecule has 7 nitrogen and oxygen atoms in total. The van der Waals surface area contributed by atoms with Gasteiger partial charge in [0.05, 0.1) is 22.2 Å². The Morgan fingerprint density at radius 2 is 1.91 bits per heavy atom. The van der Waals surface area contributed by atoms with E-state index in [-0.39, 0.29) is 6.67 Å². The summed E-state index contributed by atoms with van der Waals surface area (Å²) in [4.78, 5) is 9.22. The van der Waals surface area contributed by atoms with Crippen molar-refractivity contribution in [1.82, 2.24) is 15.3 Å². The monoisotopic (exact) mass is 486 g/mol. The highest BCUT2D eigenvalue weighted by Gasteiger charge is 2.32. The van der Waals surface area contributed by atoms with Crippen LogP contribution < -0.4 is 16.0 Å². The Morgan fingerprint density at radius 1 is 1.15 bits per heavy atom. The number of rotatable bonds is 9. The van der Waals surface area contributed by atoms with Crippen LogP contribution in [0.15, 0.2) is 30.5 Å². The second-order valence-corrected chi connectivity index (χ2v) is 9.56. The normalized spacial score (nSPS) is 22.0. The van der Waals surface area contributed by atoms with Gasteiger partial charge in [-0.2, -0.15) is 5.26 Å². The first-order valence-corrected chi connectivity index (χ1v) is 12.4. The van der Waals surface area contributed by atoms with Crippen LogP contribution in [0.2, 0.25) is 5.02 Å². The average Bonchev–Trinajstić information content (AvgIpc) is 2.89. The van der Waals surface area contributed by atoms with E-state index in [2.05, 4.69) is 27.0 Å². The topological polar surface area (TPSA) is 94.9 Å². The number of hydrogen-bond donors (Lipinski definition) is 3. The van der Waals surface area contributed by atoms with Crippen molar-refractivity contribution < 1.29 is 9.13 Å². The zero-order chi connectivity index (χ0) is 23.8. The number of ether oxygens (including phenoxy) is 1. The van der Waals surface area contributed by atoms with Crippen LogP contribution in [0, 0.1) is 16.7 Å². The Morgan fingerprint density at radius 3 is 2.65 bits per heavy atom. The summed E-state index contributed by atoms with van der Waals surface area (Å²) in [5.41, 5.74) is 1.13. The molecular weight excluding hydrogens is 455 g/mol. The fourth-order valence-corrected chi connectivity index (χ4v) is 4.86. The Balaban J connectivity index is 1.40. The third-order valence-corrected chi connectivity index (χ3v) is 7.08. The molecule has 0 spiro atoms. The van der Waals surface area contributed by atoms with Gasteiger partial charge in [-0.05, 0) is 56.7 Å². The summed E-state index contributed by atoms with van der Waals surface area (Å²) in [6.45, 7) is 1.86. The van der Waals surface area contributed by atoms with Crippen molar-refractivity contribution in [2.75, 3.05) is 43.6 Å². The molecule has 1 saturated carbocycles. The molecule has 4 rings (SSSR count). The van der Waals surface area contributed by atoms with Gasteiger partial charge < -0.3 is 20.7 Å². The molecule has 2 aromatic heterocycles. The molecule has 2 aromatic rings. The lowest BCUT2D eigenvalue weighted by Crippen LogP contribution is -2.37. The highest BCUT2D eigenvalue weighted by molar-refractivity contribution is 6.33. The van der Waals surface area contributed by atoms with Crippen molar-refractivity contribution in [3.05, 3.63) is 35.5 Å². The van der Waals surface area contributed by atoms with Crippen molar-refractivity contribution >= 4 is 23.2 Å². The summed E-state index contributed by atoms with van der Waals surface area (Å²) in [5.74, 6) is 1.48. The molecule has 0 unspecified atom stereocenters. The number of aromatic nitrogens is 2. The SMILES string of the molecule is N#CC1(CNc2cccc(-c3cc(NC4CCC(NCCF)CC4)ncc3Cl)n2)CCOCC1. The minimum absolute atomic E-state index is 0.325. The van der Waals surface area contributed by atoms with Gasteiger partial charge in [0.2, 0.25) is 0 Å². The summed E-state index contributed by atoms with van der Waals surface area (Å²) in [5, 5.41) is 20.4. The maximum absolute atomic E-state index is 12.4. The maximum Gasteiger partial charge on any atom is 0.126 e. The Hall–Kier alpha value is -2.47. The first-order chi connectivity index (χ1) is 16.6. The van der Waals surface area contributed by atoms with Crippen LogP contribution >= 0.6 is 11.6 Å². The largest absolute Gasteiger partial charge is 0.381 e. The second-order valence-electron chi connectivity index (χ2n) is 9.15. The molecule has 0 aromatic carbocycles. The lowest BCUT2D eigenvalue weighted by Gasteiger charge is -2.30. The molecule has 2 fully saturated rings. The molecular formula is C25H32ClFN6O. The molecule has 1 aliphatic heterocycles. The summed E-state index contributed by atoms with van der Waals surface area (Å²) in [7, 11) is 0. The molecule has 2 aliphatic rings. The minimum atomic E-state index is -0.429. The molecule has 0 bridgehead atoms. The van der Waals surface area contributed by atoms with E-state index in [9.17, 15) is 9.65 Å². The first-order valence-electron chi connectivity index (χ1n) is 12.0. The quantitative estimate of drug-likeness (QED) is 0.468. The number of hydrogen-bond acceptors (Lipinski definition) is 7. The average molecular weight is 487 g/mol. The van der Waals surface area contributed by atoms with Crippen LogP contribution in [0.1, 0.15) is 38.5 Å². The van der Waals surface area contributed by atoms with Gasteiger partial charge in [-0.25, -0.2) is 14.4 Å². The number of alkyl halides is 1. The highest BCUT2D eigenvalue weighted by atomic mass is 35.5. The minimum Gasteiger partial charge on any atom is -0.381 e. The van der Waals surface area contributed by atoms with Crippen LogP contribution in [0.5, 0.6) is 0 Å². The fourth-order valence-electron chi connectivity index (χ4n) is 4.66. The third-order valence-electron chi connectivity index (χ3n) is 6.78. The molecule has 1 saturated heterocycles. The van der Waals surface area contributed by atoms with Crippen LogP contribution in [0.4, 0.5) is 16.0 Å². The summed E-state index contributed by atoms with van der Waals surface area (Å²) in [6, 6.07) is 10.9. The summed E-state index contributed by atoms with van der Waals surface area (Å²) in [6.07, 6.45) is 7.14. The first kappa shape index (κ1) is 24.6. The Labute approximate surface area is 205 Å². The van der Waals surface area contributed by atoms with E-state index in [1.54, 1.807) is 6.20 Å². The molecule has 182 valence electrons. The predicted molar refractivity (Wildman–Crippen MR) is 133 cm³/mol. The van der Waals surface area contributed by atoms with Crippen LogP contribution in [-0.2, 0) is 4.74 Å². The van der Waals surface area contributed by atoms with Crippen molar-refractivity contribution in [1.29, 1.82) is 5.26 Å². The number of nitrogens with zero attached hydrogens (tertiary/aromatic N) is 3. The van der Waals surface area contributed by atoms with Crippen molar-refractivity contribution in [2.24, 2.45) is 5.41 Å². The summed E-state index contributed by atoms with van der Waals surface area (Å²) < 4.78 is 17.8. The van der Waals surface area contributed by atoms with Gasteiger partial charge in [-0.1, -0.05) is 17.7 Å². The Bertz CT molecular complexity index is 986. The van der Waals surface area contributed by atoms with E-state index < -0.39 is 5.41 Å². The molecule has 34 heavy (non-hydrogen) atoms. The van der Waals surface area contributed by atoms with Crippen LogP contribution in [0.3, 0.4) is 0 Å². The van der Waals surface area contributed by atoms with Crippen molar-refractivity contribution in [2.45, 2.75) is 50.6 Å². The smallest absolute Gasteiger partial charge is 0.126 e. The van der Waals surface area contributed by atoms with Gasteiger partial charge in [0.25, 0.3) is 0 Å². The van der Waals surface area contributed by atoms with Crippen LogP contribution in [-0.4, -0.2) is 55.0 Å². The van der Waals surface area contributed by atoms with Gasteiger partial charge >= 0.3 is 0 Å². The zero-order valence-electron chi connectivity index (χ0n) is 19.3. The van der Waals surface area contributed by atoms with Gasteiger partial charge in [-0.15, -0.1) is 0 Å². The standard InChI is InChI=1S/C25H32ClFN6O/c26-21-15-30-24(32-19-6-4-18(5-7-19)29-11-10-27)14-20(21)22-2-1-3-23(33-22)31-17-25(16-28)8-12-34-13-9-25/h1-3,14-15,18-19,29H,4-13,17H2,(H,30,32)(H,31,33). The van der Waals surface area contributed by atoms with E-state index in [0.29, 0.717) is 49.2 Å². The molecule has 1 aliphatic carbocycles. The molecule has 3 heterocycles. The number of nitriles is 1. The predicted octanol–water partition coefficient (Wildman–Crippen LogP) is 4.81. The molecule has 3 N–H and O–H groups in total. The molecule has 0 radical (unpaired) electrons. The van der Waals surface area contributed by atoms with Crippen molar-refractivity contribution in [3.63, 3.8) is 0 Å². The van der Waals surface area contributed by atoms with E-state index >= 15 is 0 Å². The number of halogens is 2. The number of pyridine rings is 2. The molecule has 0 atom stereocenters. The van der Waals surface area contributed by atoms with Gasteiger partial charge in [0, 0.05) is 50.1 Å². The van der Waals surface area contributed by atoms with E-state index in [1.165, 1.54) is 0 Å². The van der Waals surface area contributed by atoms with E-state index in [1.807, 2.05) is 24.3 Å². The maximum atomic E-state index is 12.4. The third kappa shape index (κ3) is 6.35. The molecule has 9 heteroatoms. The highest BCUT2D eigenvalue weighted by Crippen LogP contribution is 2.32. The fraction of sp³-hybridized carbons (Fsp3) is 0.560. The lowest BCUT2D eigenvalue weighted by atomic mass is 9.82. The molecule has 0 amide bonds. The van der Waals surface area contributed by atoms with Gasteiger partial charge in [0.15, 0.2) is 0 Å². The Kier molecular flexibility index (Phi) is 8.54. The summed E-state index contributed by atoms with van der Waals surface area (Å²) >= 11 is 6.49. The number of anilines is 2. The van der Waals surface area contributed by atoms with Crippen LogP contribution in [0.25, 0.3) is 11.3 Å². The number of nitrogens with one attached hydrogen (secondary N) is 3.